The third kappa shape index (κ3) is 9.21. The second kappa shape index (κ2) is 15.3. The van der Waals surface area contributed by atoms with Gasteiger partial charge in [0.1, 0.15) is 5.75 Å². The summed E-state index contributed by atoms with van der Waals surface area (Å²) in [6.07, 6.45) is 19.3. The molecule has 0 fully saturated rings. The Morgan fingerprint density at radius 2 is 1.21 bits per heavy atom. The van der Waals surface area contributed by atoms with Crippen LogP contribution in [-0.4, -0.2) is 6.61 Å². The van der Waals surface area contributed by atoms with Crippen LogP contribution in [0.4, 0.5) is 0 Å². The van der Waals surface area contributed by atoms with E-state index in [0.29, 0.717) is 6.54 Å². The third-order valence-corrected chi connectivity index (χ3v) is 5.93. The SMILES string of the molecule is CCCCCCCCCCCCCCCCOc1c(CN)ccc2ccccc12. The molecule has 0 bridgehead atoms. The van der Waals surface area contributed by atoms with Crippen LogP contribution in [0.25, 0.3) is 10.8 Å². The van der Waals surface area contributed by atoms with E-state index in [1.165, 1.54) is 94.2 Å². The van der Waals surface area contributed by atoms with E-state index in [1.54, 1.807) is 0 Å². The van der Waals surface area contributed by atoms with Crippen molar-refractivity contribution >= 4 is 10.8 Å². The largest absolute Gasteiger partial charge is 0.493 e. The Morgan fingerprint density at radius 3 is 1.79 bits per heavy atom. The van der Waals surface area contributed by atoms with Crippen LogP contribution in [0.1, 0.15) is 102 Å². The van der Waals surface area contributed by atoms with E-state index in [2.05, 4.69) is 43.3 Å². The van der Waals surface area contributed by atoms with Crippen LogP contribution in [0.2, 0.25) is 0 Å². The maximum atomic E-state index is 6.17. The zero-order valence-corrected chi connectivity index (χ0v) is 18.8. The molecule has 0 spiro atoms. The standard InChI is InChI=1S/C27H43NO/c1-2-3-4-5-6-7-8-9-10-11-12-13-14-17-22-29-27-25(23-28)21-20-24-18-15-16-19-26(24)27/h15-16,18-21H,2-14,17,22-23,28H2,1H3. The maximum Gasteiger partial charge on any atom is 0.131 e. The van der Waals surface area contributed by atoms with Crippen LogP contribution in [0, 0.1) is 0 Å². The van der Waals surface area contributed by atoms with Crippen LogP contribution in [0.5, 0.6) is 5.75 Å². The van der Waals surface area contributed by atoms with Gasteiger partial charge in [0.05, 0.1) is 6.61 Å². The minimum absolute atomic E-state index is 0.527. The van der Waals surface area contributed by atoms with E-state index in [9.17, 15) is 0 Å². The van der Waals surface area contributed by atoms with Gasteiger partial charge in [-0.2, -0.15) is 0 Å². The third-order valence-electron chi connectivity index (χ3n) is 5.93. The van der Waals surface area contributed by atoms with Crippen molar-refractivity contribution in [2.24, 2.45) is 5.73 Å². The van der Waals surface area contributed by atoms with E-state index in [4.69, 9.17) is 10.5 Å². The van der Waals surface area contributed by atoms with Gasteiger partial charge < -0.3 is 10.5 Å². The lowest BCUT2D eigenvalue weighted by Gasteiger charge is -2.13. The van der Waals surface area contributed by atoms with Crippen LogP contribution < -0.4 is 10.5 Å². The first-order chi connectivity index (χ1) is 14.4. The molecule has 2 N–H and O–H groups in total. The zero-order valence-electron chi connectivity index (χ0n) is 18.8. The predicted molar refractivity (Wildman–Crippen MR) is 128 cm³/mol. The van der Waals surface area contributed by atoms with Gasteiger partial charge in [-0.15, -0.1) is 0 Å². The van der Waals surface area contributed by atoms with E-state index in [0.717, 1.165) is 24.3 Å². The first kappa shape index (κ1) is 23.7. The van der Waals surface area contributed by atoms with Crippen molar-refractivity contribution in [3.05, 3.63) is 42.0 Å². The second-order valence-corrected chi connectivity index (χ2v) is 8.42. The van der Waals surface area contributed by atoms with Gasteiger partial charge >= 0.3 is 0 Å². The van der Waals surface area contributed by atoms with E-state index in [-0.39, 0.29) is 0 Å². The molecule has 2 nitrogen and oxygen atoms in total. The summed E-state index contributed by atoms with van der Waals surface area (Å²) in [4.78, 5) is 0. The highest BCUT2D eigenvalue weighted by Crippen LogP contribution is 2.30. The van der Waals surface area contributed by atoms with Gasteiger partial charge in [0.25, 0.3) is 0 Å². The summed E-state index contributed by atoms with van der Waals surface area (Å²) >= 11 is 0. The molecule has 162 valence electrons. The van der Waals surface area contributed by atoms with E-state index < -0.39 is 0 Å². The fourth-order valence-electron chi connectivity index (χ4n) is 4.09. The Hall–Kier alpha value is -1.54. The van der Waals surface area contributed by atoms with Crippen LogP contribution >= 0.6 is 0 Å². The molecule has 0 saturated heterocycles. The highest BCUT2D eigenvalue weighted by molar-refractivity contribution is 5.89. The minimum atomic E-state index is 0.527. The smallest absolute Gasteiger partial charge is 0.131 e. The highest BCUT2D eigenvalue weighted by Gasteiger charge is 2.07. The quantitative estimate of drug-likeness (QED) is 0.273. The maximum absolute atomic E-state index is 6.17. The van der Waals surface area contributed by atoms with Gasteiger partial charge in [0, 0.05) is 17.5 Å². The number of rotatable bonds is 17. The summed E-state index contributed by atoms with van der Waals surface area (Å²) in [5.74, 6) is 0.986. The molecule has 2 heteroatoms. The average Bonchev–Trinajstić information content (AvgIpc) is 2.76. The molecule has 0 atom stereocenters. The van der Waals surface area contributed by atoms with Gasteiger partial charge in [-0.05, 0) is 11.8 Å². The number of benzene rings is 2. The molecule has 0 aliphatic rings. The van der Waals surface area contributed by atoms with Gasteiger partial charge in [-0.1, -0.05) is 127 Å². The monoisotopic (exact) mass is 397 g/mol. The molecule has 2 aromatic rings. The van der Waals surface area contributed by atoms with Crippen molar-refractivity contribution in [3.8, 4) is 5.75 Å². The van der Waals surface area contributed by atoms with E-state index >= 15 is 0 Å². The Kier molecular flexibility index (Phi) is 12.5. The number of hydrogen-bond acceptors (Lipinski definition) is 2. The molecule has 2 aromatic carbocycles. The van der Waals surface area contributed by atoms with E-state index in [1.807, 2.05) is 0 Å². The number of fused-ring (bicyclic) bond motifs is 1. The van der Waals surface area contributed by atoms with Gasteiger partial charge in [-0.25, -0.2) is 0 Å². The second-order valence-electron chi connectivity index (χ2n) is 8.42. The Morgan fingerprint density at radius 1 is 0.655 bits per heavy atom. The van der Waals surface area contributed by atoms with Crippen LogP contribution in [-0.2, 0) is 6.54 Å². The topological polar surface area (TPSA) is 35.2 Å². The molecule has 0 saturated carbocycles. The van der Waals surface area contributed by atoms with Crippen molar-refractivity contribution in [1.82, 2.24) is 0 Å². The first-order valence-corrected chi connectivity index (χ1v) is 12.2. The minimum Gasteiger partial charge on any atom is -0.493 e. The average molecular weight is 398 g/mol. The fourth-order valence-corrected chi connectivity index (χ4v) is 4.09. The van der Waals surface area contributed by atoms with Gasteiger partial charge in [-0.3, -0.25) is 0 Å². The molecule has 0 radical (unpaired) electrons. The summed E-state index contributed by atoms with van der Waals surface area (Å²) in [5.41, 5.74) is 7.02. The van der Waals surface area contributed by atoms with Crippen LogP contribution in [0.3, 0.4) is 0 Å². The molecule has 0 amide bonds. The molecule has 0 aromatic heterocycles. The Balaban J connectivity index is 1.49. The summed E-state index contributed by atoms with van der Waals surface area (Å²) < 4.78 is 6.17. The number of hydrogen-bond donors (Lipinski definition) is 1. The first-order valence-electron chi connectivity index (χ1n) is 12.2. The van der Waals surface area contributed by atoms with Crippen molar-refractivity contribution in [2.45, 2.75) is 103 Å². The lowest BCUT2D eigenvalue weighted by atomic mass is 10.0. The molecule has 0 aliphatic heterocycles. The molecule has 29 heavy (non-hydrogen) atoms. The number of nitrogens with two attached hydrogens (primary N) is 1. The molecular formula is C27H43NO. The zero-order chi connectivity index (χ0) is 20.6. The number of ether oxygens (including phenoxy) is 1. The Labute approximate surface area is 179 Å². The van der Waals surface area contributed by atoms with Crippen LogP contribution in [0.15, 0.2) is 36.4 Å². The number of unbranched alkanes of at least 4 members (excludes halogenated alkanes) is 13. The van der Waals surface area contributed by atoms with Crippen molar-refractivity contribution in [2.75, 3.05) is 6.61 Å². The fraction of sp³-hybridized carbons (Fsp3) is 0.630. The molecule has 0 heterocycles. The summed E-state index contributed by atoms with van der Waals surface area (Å²) in [5, 5.41) is 2.40. The molecular weight excluding hydrogens is 354 g/mol. The summed E-state index contributed by atoms with van der Waals surface area (Å²) in [6, 6.07) is 12.6. The van der Waals surface area contributed by atoms with Gasteiger partial charge in [0.2, 0.25) is 0 Å². The lowest BCUT2D eigenvalue weighted by molar-refractivity contribution is 0.305. The normalized spacial score (nSPS) is 11.2. The molecule has 2 rings (SSSR count). The predicted octanol–water partition coefficient (Wildman–Crippen LogP) is 8.16. The summed E-state index contributed by atoms with van der Waals surface area (Å²) in [6.45, 7) is 3.60. The van der Waals surface area contributed by atoms with Crippen molar-refractivity contribution < 1.29 is 4.74 Å². The van der Waals surface area contributed by atoms with Crippen molar-refractivity contribution in [1.29, 1.82) is 0 Å². The molecule has 0 unspecified atom stereocenters. The van der Waals surface area contributed by atoms with Gasteiger partial charge in [0.15, 0.2) is 0 Å². The van der Waals surface area contributed by atoms with Crippen molar-refractivity contribution in [3.63, 3.8) is 0 Å². The highest BCUT2D eigenvalue weighted by atomic mass is 16.5. The lowest BCUT2D eigenvalue weighted by Crippen LogP contribution is -2.04. The Bertz CT molecular complexity index is 667. The summed E-state index contributed by atoms with van der Waals surface area (Å²) in [7, 11) is 0. The molecule has 0 aliphatic carbocycles.